The zero-order valence-corrected chi connectivity index (χ0v) is 20.2. The standard InChI is InChI=1S/C31H29N3O2/c35-30(27-13-7-11-23-9-3-4-12-26(23)27)32-25-14-15-29(28(20-25)31(36)33-17-5-6-18-33)34-19-16-22-8-1-2-10-24(22)21-34/h1-4,7-15,20H,5-6,16-19,21H2,(H,32,35). The Hall–Kier alpha value is -4.12. The molecule has 0 atom stereocenters. The van der Waals surface area contributed by atoms with Gasteiger partial charge in [-0.05, 0) is 65.4 Å². The van der Waals surface area contributed by atoms with Crippen LogP contribution in [-0.4, -0.2) is 36.3 Å². The second-order valence-corrected chi connectivity index (χ2v) is 9.65. The topological polar surface area (TPSA) is 52.7 Å². The first-order valence-electron chi connectivity index (χ1n) is 12.7. The molecule has 0 spiro atoms. The predicted octanol–water partition coefficient (Wildman–Crippen LogP) is 5.89. The molecule has 0 saturated carbocycles. The fourth-order valence-electron chi connectivity index (χ4n) is 5.47. The van der Waals surface area contributed by atoms with Gasteiger partial charge in [0, 0.05) is 43.1 Å². The normalized spacial score (nSPS) is 15.1. The number of hydrogen-bond acceptors (Lipinski definition) is 3. The maximum atomic E-state index is 13.6. The van der Waals surface area contributed by atoms with Gasteiger partial charge in [-0.25, -0.2) is 0 Å². The fraction of sp³-hybridized carbons (Fsp3) is 0.226. The van der Waals surface area contributed by atoms with Crippen LogP contribution in [-0.2, 0) is 13.0 Å². The van der Waals surface area contributed by atoms with E-state index in [1.807, 2.05) is 65.6 Å². The van der Waals surface area contributed by atoms with Gasteiger partial charge in [-0.1, -0.05) is 60.7 Å². The number of nitrogens with zero attached hydrogens (tertiary/aromatic N) is 2. The highest BCUT2D eigenvalue weighted by Crippen LogP contribution is 2.31. The van der Waals surface area contributed by atoms with Crippen LogP contribution in [0.1, 0.15) is 44.7 Å². The van der Waals surface area contributed by atoms with Gasteiger partial charge in [-0.15, -0.1) is 0 Å². The van der Waals surface area contributed by atoms with Gasteiger partial charge in [-0.2, -0.15) is 0 Å². The van der Waals surface area contributed by atoms with Crippen LogP contribution in [0.25, 0.3) is 10.8 Å². The molecule has 5 heteroatoms. The van der Waals surface area contributed by atoms with Crippen LogP contribution < -0.4 is 10.2 Å². The van der Waals surface area contributed by atoms with Gasteiger partial charge in [0.2, 0.25) is 0 Å². The first-order chi connectivity index (χ1) is 17.7. The fourth-order valence-corrected chi connectivity index (χ4v) is 5.47. The molecule has 36 heavy (non-hydrogen) atoms. The Morgan fingerprint density at radius 1 is 0.722 bits per heavy atom. The average Bonchev–Trinajstić information content (AvgIpc) is 3.47. The van der Waals surface area contributed by atoms with Crippen molar-refractivity contribution in [1.29, 1.82) is 0 Å². The molecule has 0 aromatic heterocycles. The van der Waals surface area contributed by atoms with Crippen molar-refractivity contribution >= 4 is 34.0 Å². The highest BCUT2D eigenvalue weighted by atomic mass is 16.2. The summed E-state index contributed by atoms with van der Waals surface area (Å²) in [4.78, 5) is 31.1. The van der Waals surface area contributed by atoms with E-state index < -0.39 is 0 Å². The van der Waals surface area contributed by atoms with E-state index in [4.69, 9.17) is 0 Å². The van der Waals surface area contributed by atoms with Gasteiger partial charge in [0.15, 0.2) is 0 Å². The van der Waals surface area contributed by atoms with Crippen molar-refractivity contribution in [3.63, 3.8) is 0 Å². The second-order valence-electron chi connectivity index (χ2n) is 9.65. The van der Waals surface area contributed by atoms with Crippen LogP contribution >= 0.6 is 0 Å². The van der Waals surface area contributed by atoms with Crippen LogP contribution in [0, 0.1) is 0 Å². The molecule has 2 heterocycles. The lowest BCUT2D eigenvalue weighted by atomic mass is 9.98. The van der Waals surface area contributed by atoms with Gasteiger partial charge in [0.25, 0.3) is 11.8 Å². The van der Waals surface area contributed by atoms with Crippen molar-refractivity contribution in [1.82, 2.24) is 4.90 Å². The Morgan fingerprint density at radius 3 is 2.33 bits per heavy atom. The highest BCUT2D eigenvalue weighted by molar-refractivity contribution is 6.13. The summed E-state index contributed by atoms with van der Waals surface area (Å²) in [5, 5.41) is 4.99. The maximum absolute atomic E-state index is 13.6. The number of rotatable bonds is 4. The number of likely N-dealkylation sites (tertiary alicyclic amines) is 1. The van der Waals surface area contributed by atoms with Crippen LogP contribution in [0.3, 0.4) is 0 Å². The minimum absolute atomic E-state index is 0.0441. The maximum Gasteiger partial charge on any atom is 0.256 e. The van der Waals surface area contributed by atoms with Gasteiger partial charge in [-0.3, -0.25) is 9.59 Å². The molecule has 5 nitrogen and oxygen atoms in total. The zero-order valence-electron chi connectivity index (χ0n) is 20.2. The van der Waals surface area contributed by atoms with E-state index in [2.05, 4.69) is 34.5 Å². The lowest BCUT2D eigenvalue weighted by molar-refractivity contribution is 0.0793. The summed E-state index contributed by atoms with van der Waals surface area (Å²) in [6.45, 7) is 3.21. The number of amides is 2. The summed E-state index contributed by atoms with van der Waals surface area (Å²) >= 11 is 0. The van der Waals surface area contributed by atoms with E-state index in [1.54, 1.807) is 0 Å². The summed E-state index contributed by atoms with van der Waals surface area (Å²) in [7, 11) is 0. The van der Waals surface area contributed by atoms with Crippen molar-refractivity contribution in [3.05, 3.63) is 107 Å². The Morgan fingerprint density at radius 2 is 1.47 bits per heavy atom. The molecular formula is C31H29N3O2. The molecule has 0 aliphatic carbocycles. The summed E-state index contributed by atoms with van der Waals surface area (Å²) in [6, 6.07) is 27.9. The van der Waals surface area contributed by atoms with Crippen LogP contribution in [0.15, 0.2) is 84.9 Å². The summed E-state index contributed by atoms with van der Waals surface area (Å²) in [5.74, 6) is -0.131. The molecule has 0 bridgehead atoms. The first kappa shape index (κ1) is 22.4. The SMILES string of the molecule is O=C(Nc1ccc(N2CCc3ccccc3C2)c(C(=O)N2CCCC2)c1)c1cccc2ccccc12. The largest absolute Gasteiger partial charge is 0.366 e. The number of benzene rings is 4. The first-order valence-corrected chi connectivity index (χ1v) is 12.7. The van der Waals surface area contributed by atoms with E-state index >= 15 is 0 Å². The quantitative estimate of drug-likeness (QED) is 0.400. The molecule has 4 aromatic rings. The molecule has 2 amide bonds. The molecule has 6 rings (SSSR count). The molecular weight excluding hydrogens is 446 g/mol. The predicted molar refractivity (Wildman–Crippen MR) is 145 cm³/mol. The number of nitrogens with one attached hydrogen (secondary N) is 1. The number of carbonyl (C=O) groups excluding carboxylic acids is 2. The molecule has 1 N–H and O–H groups in total. The zero-order chi connectivity index (χ0) is 24.5. The Bertz CT molecular complexity index is 1450. The molecule has 0 unspecified atom stereocenters. The lowest BCUT2D eigenvalue weighted by Crippen LogP contribution is -2.34. The minimum Gasteiger partial charge on any atom is -0.366 e. The van der Waals surface area contributed by atoms with E-state index in [1.165, 1.54) is 11.1 Å². The lowest BCUT2D eigenvalue weighted by Gasteiger charge is -2.33. The summed E-state index contributed by atoms with van der Waals surface area (Å²) in [5.41, 5.74) is 5.53. The third-order valence-corrected chi connectivity index (χ3v) is 7.38. The van der Waals surface area contributed by atoms with Crippen LogP contribution in [0.5, 0.6) is 0 Å². The van der Waals surface area contributed by atoms with Crippen LogP contribution in [0.2, 0.25) is 0 Å². The number of fused-ring (bicyclic) bond motifs is 2. The Labute approximate surface area is 211 Å². The van der Waals surface area contributed by atoms with E-state index in [-0.39, 0.29) is 11.8 Å². The third kappa shape index (κ3) is 4.22. The highest BCUT2D eigenvalue weighted by Gasteiger charge is 2.26. The molecule has 4 aromatic carbocycles. The molecule has 0 radical (unpaired) electrons. The smallest absolute Gasteiger partial charge is 0.256 e. The van der Waals surface area contributed by atoms with Crippen molar-refractivity contribution in [2.24, 2.45) is 0 Å². The van der Waals surface area contributed by atoms with Gasteiger partial charge in [0.1, 0.15) is 0 Å². The van der Waals surface area contributed by atoms with Gasteiger partial charge >= 0.3 is 0 Å². The molecule has 1 fully saturated rings. The Kier molecular flexibility index (Phi) is 5.90. The number of carbonyl (C=O) groups is 2. The third-order valence-electron chi connectivity index (χ3n) is 7.38. The van der Waals surface area contributed by atoms with Crippen molar-refractivity contribution in [2.75, 3.05) is 29.9 Å². The Balaban J connectivity index is 1.33. The van der Waals surface area contributed by atoms with Gasteiger partial charge in [0.05, 0.1) is 5.56 Å². The van der Waals surface area contributed by atoms with E-state index in [9.17, 15) is 9.59 Å². The van der Waals surface area contributed by atoms with E-state index in [0.717, 1.165) is 61.9 Å². The molecule has 2 aliphatic heterocycles. The molecule has 180 valence electrons. The number of anilines is 2. The van der Waals surface area contributed by atoms with Crippen LogP contribution in [0.4, 0.5) is 11.4 Å². The molecule has 2 aliphatic rings. The van der Waals surface area contributed by atoms with Crippen molar-refractivity contribution in [2.45, 2.75) is 25.8 Å². The average molecular weight is 476 g/mol. The second kappa shape index (κ2) is 9.50. The number of hydrogen-bond donors (Lipinski definition) is 1. The molecule has 1 saturated heterocycles. The van der Waals surface area contributed by atoms with Crippen molar-refractivity contribution < 1.29 is 9.59 Å². The van der Waals surface area contributed by atoms with Crippen molar-refractivity contribution in [3.8, 4) is 0 Å². The van der Waals surface area contributed by atoms with Gasteiger partial charge < -0.3 is 15.1 Å². The summed E-state index contributed by atoms with van der Waals surface area (Å²) < 4.78 is 0. The monoisotopic (exact) mass is 475 g/mol. The minimum atomic E-state index is -0.175. The summed E-state index contributed by atoms with van der Waals surface area (Å²) in [6.07, 6.45) is 3.03. The van der Waals surface area contributed by atoms with E-state index in [0.29, 0.717) is 16.8 Å².